The summed E-state index contributed by atoms with van der Waals surface area (Å²) in [6.45, 7) is 5.01. The minimum absolute atomic E-state index is 0.199. The summed E-state index contributed by atoms with van der Waals surface area (Å²) in [6, 6.07) is 0. The molecule has 0 saturated carbocycles. The Morgan fingerprint density at radius 2 is 1.95 bits per heavy atom. The van der Waals surface area contributed by atoms with Crippen molar-refractivity contribution in [2.24, 2.45) is 0 Å². The maximum absolute atomic E-state index is 11.6. The number of carbonyl (C=O) groups excluding carboxylic acids is 1. The van der Waals surface area contributed by atoms with E-state index < -0.39 is 0 Å². The second-order valence-corrected chi connectivity index (χ2v) is 5.49. The van der Waals surface area contributed by atoms with Gasteiger partial charge in [0.2, 0.25) is 5.91 Å². The summed E-state index contributed by atoms with van der Waals surface area (Å²) in [4.78, 5) is 11.6. The van der Waals surface area contributed by atoms with Gasteiger partial charge in [-0.05, 0) is 31.7 Å². The number of hydrogen-bond acceptors (Lipinski definition) is 2. The van der Waals surface area contributed by atoms with E-state index in [0.29, 0.717) is 6.42 Å². The van der Waals surface area contributed by atoms with Gasteiger partial charge in [-0.15, -0.1) is 0 Å². The number of nitrogens with one attached hydrogen (secondary N) is 2. The van der Waals surface area contributed by atoms with Crippen molar-refractivity contribution in [1.29, 1.82) is 0 Å². The lowest BCUT2D eigenvalue weighted by atomic mass is 10.1. The monoisotopic (exact) mass is 279 g/mol. The van der Waals surface area contributed by atoms with Crippen LogP contribution in [0.4, 0.5) is 0 Å². The summed E-state index contributed by atoms with van der Waals surface area (Å²) < 4.78 is 0. The highest BCUT2D eigenvalue weighted by Gasteiger charge is 2.02. The molecule has 0 spiro atoms. The third kappa shape index (κ3) is 7.31. The molecule has 0 aliphatic carbocycles. The first-order valence-electron chi connectivity index (χ1n) is 7.99. The molecule has 1 aromatic heterocycles. The van der Waals surface area contributed by atoms with Crippen LogP contribution in [0.5, 0.6) is 0 Å². The van der Waals surface area contributed by atoms with Gasteiger partial charge in [0.15, 0.2) is 0 Å². The number of aromatic nitrogens is 2. The third-order valence-corrected chi connectivity index (χ3v) is 3.64. The van der Waals surface area contributed by atoms with E-state index in [1.807, 2.05) is 13.1 Å². The van der Waals surface area contributed by atoms with Crippen LogP contribution in [0.25, 0.3) is 0 Å². The van der Waals surface area contributed by atoms with E-state index in [-0.39, 0.29) is 5.91 Å². The number of rotatable bonds is 11. The fourth-order valence-corrected chi connectivity index (χ4v) is 2.29. The zero-order chi connectivity index (χ0) is 14.6. The van der Waals surface area contributed by atoms with Crippen LogP contribution in [0.3, 0.4) is 0 Å². The first kappa shape index (κ1) is 16.7. The Balaban J connectivity index is 1.94. The molecule has 1 amide bonds. The summed E-state index contributed by atoms with van der Waals surface area (Å²) in [5, 5.41) is 9.92. The molecule has 0 aliphatic rings. The van der Waals surface area contributed by atoms with Crippen molar-refractivity contribution >= 4 is 5.91 Å². The largest absolute Gasteiger partial charge is 0.356 e. The molecule has 0 radical (unpaired) electrons. The molecule has 4 nitrogen and oxygen atoms in total. The number of carbonyl (C=O) groups is 1. The van der Waals surface area contributed by atoms with Gasteiger partial charge >= 0.3 is 0 Å². The molecule has 0 unspecified atom stereocenters. The van der Waals surface area contributed by atoms with Crippen molar-refractivity contribution in [2.75, 3.05) is 6.54 Å². The topological polar surface area (TPSA) is 57.8 Å². The number of hydrogen-bond donors (Lipinski definition) is 2. The van der Waals surface area contributed by atoms with Crippen molar-refractivity contribution in [2.45, 2.75) is 71.6 Å². The number of H-pyrrole nitrogens is 1. The minimum Gasteiger partial charge on any atom is -0.356 e. The van der Waals surface area contributed by atoms with E-state index in [1.165, 1.54) is 37.7 Å². The van der Waals surface area contributed by atoms with Gasteiger partial charge in [0, 0.05) is 18.7 Å². The van der Waals surface area contributed by atoms with Gasteiger partial charge in [-0.25, -0.2) is 0 Å². The lowest BCUT2D eigenvalue weighted by Crippen LogP contribution is -2.24. The Hall–Kier alpha value is -1.32. The second-order valence-electron chi connectivity index (χ2n) is 5.49. The van der Waals surface area contributed by atoms with E-state index in [0.717, 1.165) is 31.5 Å². The molecule has 0 saturated heterocycles. The molecule has 20 heavy (non-hydrogen) atoms. The highest BCUT2D eigenvalue weighted by Crippen LogP contribution is 2.07. The van der Waals surface area contributed by atoms with Crippen molar-refractivity contribution in [3.05, 3.63) is 17.5 Å². The quantitative estimate of drug-likeness (QED) is 0.609. The first-order valence-corrected chi connectivity index (χ1v) is 7.99. The maximum atomic E-state index is 11.6. The zero-order valence-corrected chi connectivity index (χ0v) is 13.0. The Morgan fingerprint density at radius 3 is 2.65 bits per heavy atom. The number of unbranched alkanes of at least 4 members (excludes halogenated alkanes) is 5. The van der Waals surface area contributed by atoms with E-state index >= 15 is 0 Å². The second kappa shape index (κ2) is 10.5. The van der Waals surface area contributed by atoms with Crippen LogP contribution in [0.2, 0.25) is 0 Å². The maximum Gasteiger partial charge on any atom is 0.219 e. The normalized spacial score (nSPS) is 10.7. The number of nitrogens with zero attached hydrogens (tertiary/aromatic N) is 1. The van der Waals surface area contributed by atoms with Crippen LogP contribution < -0.4 is 5.32 Å². The summed E-state index contributed by atoms with van der Waals surface area (Å²) in [7, 11) is 0. The third-order valence-electron chi connectivity index (χ3n) is 3.64. The zero-order valence-electron chi connectivity index (χ0n) is 13.0. The van der Waals surface area contributed by atoms with Crippen molar-refractivity contribution in [3.8, 4) is 0 Å². The van der Waals surface area contributed by atoms with E-state index in [9.17, 15) is 4.79 Å². The van der Waals surface area contributed by atoms with E-state index in [2.05, 4.69) is 22.4 Å². The molecule has 2 N–H and O–H groups in total. The number of amides is 1. The van der Waals surface area contributed by atoms with Crippen LogP contribution in [0, 0.1) is 6.92 Å². The van der Waals surface area contributed by atoms with Gasteiger partial charge in [0.1, 0.15) is 0 Å². The molecule has 0 aromatic carbocycles. The number of aryl methyl sites for hydroxylation is 2. The fourth-order valence-electron chi connectivity index (χ4n) is 2.29. The minimum atomic E-state index is 0.199. The molecule has 1 aromatic rings. The van der Waals surface area contributed by atoms with Crippen LogP contribution >= 0.6 is 0 Å². The van der Waals surface area contributed by atoms with E-state index in [1.54, 1.807) is 0 Å². The van der Waals surface area contributed by atoms with Gasteiger partial charge < -0.3 is 5.32 Å². The van der Waals surface area contributed by atoms with Crippen LogP contribution in [0.1, 0.15) is 69.5 Å². The lowest BCUT2D eigenvalue weighted by molar-refractivity contribution is -0.121. The molecule has 1 rings (SSSR count). The molecular weight excluding hydrogens is 250 g/mol. The molecular formula is C16H29N3O. The van der Waals surface area contributed by atoms with Crippen LogP contribution in [-0.4, -0.2) is 22.6 Å². The van der Waals surface area contributed by atoms with Gasteiger partial charge in [-0.2, -0.15) is 5.10 Å². The molecule has 1 heterocycles. The highest BCUT2D eigenvalue weighted by molar-refractivity contribution is 5.75. The average molecular weight is 279 g/mol. The van der Waals surface area contributed by atoms with Crippen molar-refractivity contribution in [1.82, 2.24) is 15.5 Å². The smallest absolute Gasteiger partial charge is 0.219 e. The first-order chi connectivity index (χ1) is 9.74. The predicted molar refractivity (Wildman–Crippen MR) is 82.6 cm³/mol. The summed E-state index contributed by atoms with van der Waals surface area (Å²) in [5.74, 6) is 0.199. The lowest BCUT2D eigenvalue weighted by Gasteiger charge is -2.05. The highest BCUT2D eigenvalue weighted by atomic mass is 16.1. The molecule has 0 aliphatic heterocycles. The van der Waals surface area contributed by atoms with Gasteiger partial charge in [0.25, 0.3) is 0 Å². The van der Waals surface area contributed by atoms with Crippen LogP contribution in [-0.2, 0) is 11.2 Å². The Bertz CT molecular complexity index is 374. The predicted octanol–water partition coefficient (Wildman–Crippen LogP) is 3.52. The fraction of sp³-hybridized carbons (Fsp3) is 0.750. The Kier molecular flexibility index (Phi) is 8.76. The number of aromatic amines is 1. The van der Waals surface area contributed by atoms with Crippen molar-refractivity contribution < 1.29 is 4.79 Å². The summed E-state index contributed by atoms with van der Waals surface area (Å²) in [6.07, 6.45) is 11.9. The SMILES string of the molecule is CCCCCCCCC(=O)NCCCc1cn[nH]c1C. The van der Waals surface area contributed by atoms with Crippen molar-refractivity contribution in [3.63, 3.8) is 0 Å². The molecule has 4 heteroatoms. The standard InChI is InChI=1S/C16H29N3O/c1-3-4-5-6-7-8-11-16(20)17-12-9-10-15-13-18-19-14(15)2/h13H,3-12H2,1-2H3,(H,17,20)(H,18,19). The molecule has 0 atom stereocenters. The molecule has 0 bridgehead atoms. The Labute approximate surface area is 122 Å². The van der Waals surface area contributed by atoms with Crippen LogP contribution in [0.15, 0.2) is 6.20 Å². The summed E-state index contributed by atoms with van der Waals surface area (Å²) in [5.41, 5.74) is 2.37. The van der Waals surface area contributed by atoms with Gasteiger partial charge in [-0.1, -0.05) is 39.0 Å². The van der Waals surface area contributed by atoms with Gasteiger partial charge in [0.05, 0.1) is 6.20 Å². The Morgan fingerprint density at radius 1 is 1.20 bits per heavy atom. The molecule has 114 valence electrons. The average Bonchev–Trinajstić information content (AvgIpc) is 2.84. The van der Waals surface area contributed by atoms with E-state index in [4.69, 9.17) is 0 Å². The van der Waals surface area contributed by atoms with Gasteiger partial charge in [-0.3, -0.25) is 9.89 Å². The molecule has 0 fully saturated rings. The summed E-state index contributed by atoms with van der Waals surface area (Å²) >= 11 is 0.